The first-order valence-electron chi connectivity index (χ1n) is 6.75. The highest BCUT2D eigenvalue weighted by molar-refractivity contribution is 6.21. The van der Waals surface area contributed by atoms with E-state index in [1.54, 1.807) is 0 Å². The van der Waals surface area contributed by atoms with Gasteiger partial charge in [0.05, 0.1) is 5.38 Å². The van der Waals surface area contributed by atoms with Gasteiger partial charge in [-0.05, 0) is 18.8 Å². The highest BCUT2D eigenvalue weighted by Gasteiger charge is 2.42. The Morgan fingerprint density at radius 2 is 1.56 bits per heavy atom. The first-order chi connectivity index (χ1) is 8.52. The number of nitrogens with zero attached hydrogens (tertiary/aromatic N) is 2. The molecule has 2 atom stereocenters. The van der Waals surface area contributed by atoms with Crippen LogP contribution in [0, 0.1) is 5.92 Å². The maximum atomic E-state index is 11.9. The minimum absolute atomic E-state index is 0.0665. The molecule has 4 nitrogen and oxygen atoms in total. The van der Waals surface area contributed by atoms with E-state index in [0.717, 1.165) is 25.9 Å². The van der Waals surface area contributed by atoms with E-state index in [2.05, 4.69) is 4.90 Å². The quantitative estimate of drug-likeness (QED) is 0.579. The molecule has 0 aromatic carbocycles. The number of carbonyl (C=O) groups is 2. The highest BCUT2D eigenvalue weighted by atomic mass is 35.5. The van der Waals surface area contributed by atoms with Gasteiger partial charge < -0.3 is 0 Å². The lowest BCUT2D eigenvalue weighted by Crippen LogP contribution is -2.55. The van der Waals surface area contributed by atoms with Gasteiger partial charge in [0.1, 0.15) is 6.17 Å². The van der Waals surface area contributed by atoms with Crippen molar-refractivity contribution in [2.75, 3.05) is 13.1 Å². The molecule has 0 spiro atoms. The van der Waals surface area contributed by atoms with Gasteiger partial charge in [-0.2, -0.15) is 0 Å². The summed E-state index contributed by atoms with van der Waals surface area (Å²) >= 11 is 6.48. The maximum absolute atomic E-state index is 11.9. The van der Waals surface area contributed by atoms with Crippen LogP contribution in [0.4, 0.5) is 0 Å². The van der Waals surface area contributed by atoms with Gasteiger partial charge in [0.15, 0.2) is 0 Å². The van der Waals surface area contributed by atoms with E-state index < -0.39 is 0 Å². The standard InChI is InChI=1S/C13H21ClN2O2/c1-9(2)12(14)13(15-7-3-4-8-15)16-10(17)5-6-11(16)18/h9,12-13H,3-8H2,1-2H3. The Balaban J connectivity index is 2.23. The van der Waals surface area contributed by atoms with Gasteiger partial charge in [-0.15, -0.1) is 11.6 Å². The van der Waals surface area contributed by atoms with Crippen molar-refractivity contribution in [3.63, 3.8) is 0 Å². The summed E-state index contributed by atoms with van der Waals surface area (Å²) in [5.74, 6) is 0.102. The molecule has 0 saturated carbocycles. The number of imide groups is 1. The minimum atomic E-state index is -0.253. The van der Waals surface area contributed by atoms with E-state index >= 15 is 0 Å². The fourth-order valence-corrected chi connectivity index (χ4v) is 3.02. The second-order valence-corrected chi connectivity index (χ2v) is 6.01. The Morgan fingerprint density at radius 3 is 2.00 bits per heavy atom. The summed E-state index contributed by atoms with van der Waals surface area (Å²) in [5.41, 5.74) is 0. The van der Waals surface area contributed by atoms with Gasteiger partial charge in [-0.25, -0.2) is 0 Å². The second-order valence-electron chi connectivity index (χ2n) is 5.50. The monoisotopic (exact) mass is 272 g/mol. The van der Waals surface area contributed by atoms with E-state index in [-0.39, 0.29) is 29.3 Å². The van der Waals surface area contributed by atoms with Crippen LogP contribution >= 0.6 is 11.6 Å². The van der Waals surface area contributed by atoms with Gasteiger partial charge in [0.2, 0.25) is 11.8 Å². The molecule has 0 aliphatic carbocycles. The Morgan fingerprint density at radius 1 is 1.06 bits per heavy atom. The summed E-state index contributed by atoms with van der Waals surface area (Å²) in [6.07, 6.45) is 2.66. The molecule has 0 bridgehead atoms. The zero-order valence-corrected chi connectivity index (χ0v) is 11.8. The van der Waals surface area contributed by atoms with Crippen molar-refractivity contribution in [3.05, 3.63) is 0 Å². The molecule has 2 aliphatic rings. The highest BCUT2D eigenvalue weighted by Crippen LogP contribution is 2.29. The van der Waals surface area contributed by atoms with Crippen molar-refractivity contribution in [1.29, 1.82) is 0 Å². The predicted molar refractivity (Wildman–Crippen MR) is 70.2 cm³/mol. The molecule has 18 heavy (non-hydrogen) atoms. The topological polar surface area (TPSA) is 40.6 Å². The van der Waals surface area contributed by atoms with Crippen molar-refractivity contribution in [2.24, 2.45) is 5.92 Å². The van der Waals surface area contributed by atoms with E-state index in [1.165, 1.54) is 4.90 Å². The zero-order chi connectivity index (χ0) is 13.3. The van der Waals surface area contributed by atoms with Crippen LogP contribution in [0.2, 0.25) is 0 Å². The molecule has 2 unspecified atom stereocenters. The van der Waals surface area contributed by atoms with Crippen LogP contribution in [0.25, 0.3) is 0 Å². The summed E-state index contributed by atoms with van der Waals surface area (Å²) in [4.78, 5) is 27.5. The molecule has 0 radical (unpaired) electrons. The molecule has 2 saturated heterocycles. The molecule has 2 heterocycles. The lowest BCUT2D eigenvalue weighted by atomic mass is 10.1. The molecular formula is C13H21ClN2O2. The molecule has 2 rings (SSSR count). The molecule has 2 amide bonds. The largest absolute Gasteiger partial charge is 0.282 e. The molecule has 2 aliphatic heterocycles. The normalized spacial score (nSPS) is 25.2. The van der Waals surface area contributed by atoms with Gasteiger partial charge in [-0.3, -0.25) is 19.4 Å². The fraction of sp³-hybridized carbons (Fsp3) is 0.846. The van der Waals surface area contributed by atoms with Gasteiger partial charge in [-0.1, -0.05) is 13.8 Å². The van der Waals surface area contributed by atoms with Crippen LogP contribution in [-0.4, -0.2) is 46.2 Å². The lowest BCUT2D eigenvalue weighted by Gasteiger charge is -2.38. The third kappa shape index (κ3) is 2.54. The third-order valence-corrected chi connectivity index (χ3v) is 4.52. The Bertz CT molecular complexity index is 322. The fourth-order valence-electron chi connectivity index (χ4n) is 2.75. The van der Waals surface area contributed by atoms with Crippen molar-refractivity contribution in [3.8, 4) is 0 Å². The van der Waals surface area contributed by atoms with Crippen LogP contribution in [0.15, 0.2) is 0 Å². The van der Waals surface area contributed by atoms with E-state index in [9.17, 15) is 9.59 Å². The zero-order valence-electron chi connectivity index (χ0n) is 11.1. The van der Waals surface area contributed by atoms with E-state index in [0.29, 0.717) is 12.8 Å². The van der Waals surface area contributed by atoms with Crippen LogP contribution in [0.5, 0.6) is 0 Å². The Kier molecular flexibility index (Phi) is 4.28. The van der Waals surface area contributed by atoms with Crippen LogP contribution in [-0.2, 0) is 9.59 Å². The van der Waals surface area contributed by atoms with Crippen LogP contribution in [0.3, 0.4) is 0 Å². The molecule has 2 fully saturated rings. The number of hydrogen-bond acceptors (Lipinski definition) is 3. The van der Waals surface area contributed by atoms with Gasteiger partial charge >= 0.3 is 0 Å². The van der Waals surface area contributed by atoms with Crippen LogP contribution < -0.4 is 0 Å². The summed E-state index contributed by atoms with van der Waals surface area (Å²) in [5, 5.41) is -0.200. The first kappa shape index (κ1) is 13.8. The van der Waals surface area contributed by atoms with Crippen molar-refractivity contribution in [1.82, 2.24) is 9.80 Å². The minimum Gasteiger partial charge on any atom is -0.282 e. The van der Waals surface area contributed by atoms with Crippen molar-refractivity contribution >= 4 is 23.4 Å². The lowest BCUT2D eigenvalue weighted by molar-refractivity contribution is -0.145. The molecule has 5 heteroatoms. The number of carbonyl (C=O) groups excluding carboxylic acids is 2. The maximum Gasteiger partial charge on any atom is 0.231 e. The Hall–Kier alpha value is -0.610. The number of likely N-dealkylation sites (tertiary alicyclic amines) is 2. The number of rotatable bonds is 4. The molecule has 0 aromatic heterocycles. The summed E-state index contributed by atoms with van der Waals surface area (Å²) in [6.45, 7) is 5.92. The third-order valence-electron chi connectivity index (χ3n) is 3.79. The molecule has 102 valence electrons. The average Bonchev–Trinajstić information content (AvgIpc) is 2.94. The Labute approximate surface area is 113 Å². The number of alkyl halides is 1. The van der Waals surface area contributed by atoms with E-state index in [4.69, 9.17) is 11.6 Å². The predicted octanol–water partition coefficient (Wildman–Crippen LogP) is 1.82. The molecule has 0 N–H and O–H groups in total. The van der Waals surface area contributed by atoms with Gasteiger partial charge in [0, 0.05) is 25.9 Å². The second kappa shape index (κ2) is 5.57. The van der Waals surface area contributed by atoms with Gasteiger partial charge in [0.25, 0.3) is 0 Å². The summed E-state index contributed by atoms with van der Waals surface area (Å²) in [7, 11) is 0. The summed E-state index contributed by atoms with van der Waals surface area (Å²) < 4.78 is 0. The smallest absolute Gasteiger partial charge is 0.231 e. The number of halogens is 1. The first-order valence-corrected chi connectivity index (χ1v) is 7.19. The van der Waals surface area contributed by atoms with E-state index in [1.807, 2.05) is 13.8 Å². The number of hydrogen-bond donors (Lipinski definition) is 0. The molecule has 0 aromatic rings. The SMILES string of the molecule is CC(C)C(Cl)C(N1CCCC1)N1C(=O)CCC1=O. The average molecular weight is 273 g/mol. The molecular weight excluding hydrogens is 252 g/mol. The van der Waals surface area contributed by atoms with Crippen LogP contribution in [0.1, 0.15) is 39.5 Å². The van der Waals surface area contributed by atoms with Crippen molar-refractivity contribution in [2.45, 2.75) is 51.1 Å². The van der Waals surface area contributed by atoms with Crippen molar-refractivity contribution < 1.29 is 9.59 Å². The number of amides is 2. The summed E-state index contributed by atoms with van der Waals surface area (Å²) in [6, 6.07) is 0.